The van der Waals surface area contributed by atoms with E-state index < -0.39 is 23.3 Å². The van der Waals surface area contributed by atoms with E-state index in [1.807, 2.05) is 91.0 Å². The van der Waals surface area contributed by atoms with Gasteiger partial charge >= 0.3 is 5.97 Å². The summed E-state index contributed by atoms with van der Waals surface area (Å²) in [7, 11) is 0. The average molecular weight is 493 g/mol. The van der Waals surface area contributed by atoms with Crippen molar-refractivity contribution < 1.29 is 19.5 Å². The van der Waals surface area contributed by atoms with Gasteiger partial charge in [-0.15, -0.1) is 0 Å². The molecule has 0 heterocycles. The predicted octanol–water partition coefficient (Wildman–Crippen LogP) is 4.32. The molecule has 186 valence electrons. The largest absolute Gasteiger partial charge is 0.478 e. The lowest BCUT2D eigenvalue weighted by atomic mass is 9.67. The first-order chi connectivity index (χ1) is 17.9. The van der Waals surface area contributed by atoms with Gasteiger partial charge in [0.2, 0.25) is 11.8 Å². The van der Waals surface area contributed by atoms with Crippen LogP contribution in [0.4, 0.5) is 0 Å². The Morgan fingerprint density at radius 2 is 1.14 bits per heavy atom. The number of rotatable bonds is 10. The monoisotopic (exact) mass is 492 g/mol. The molecule has 4 rings (SSSR count). The first kappa shape index (κ1) is 25.4. The molecule has 37 heavy (non-hydrogen) atoms. The quantitative estimate of drug-likeness (QED) is 0.286. The van der Waals surface area contributed by atoms with E-state index in [0.717, 1.165) is 16.7 Å². The molecule has 4 aromatic carbocycles. The first-order valence-corrected chi connectivity index (χ1v) is 12.0. The third-order valence-corrected chi connectivity index (χ3v) is 6.54. The molecule has 0 saturated carbocycles. The van der Waals surface area contributed by atoms with Gasteiger partial charge in [0.25, 0.3) is 0 Å². The van der Waals surface area contributed by atoms with E-state index in [4.69, 9.17) is 10.8 Å². The van der Waals surface area contributed by atoms with Crippen molar-refractivity contribution >= 4 is 17.8 Å². The fraction of sp³-hybridized carbons (Fsp3) is 0.129. The third kappa shape index (κ3) is 5.76. The Morgan fingerprint density at radius 3 is 1.51 bits per heavy atom. The minimum absolute atomic E-state index is 0.0484. The molecule has 0 bridgehead atoms. The number of hydrogen-bond donors (Lipinski definition) is 3. The number of nitrogens with two attached hydrogens (primary N) is 1. The standard InChI is InChI=1S/C31H28N2O4/c32-29(35)27(20-22-16-18-23(19-17-22)30(36)37)33-28(34)21-31(24-10-4-1-5-11-24,25-12-6-2-7-13-25)26-14-8-3-9-15-26/h1-19,27H,20-21H2,(H2,32,35)(H,33,34)(H,36,37)/t27-/m1/s1. The Kier molecular flexibility index (Phi) is 7.79. The van der Waals surface area contributed by atoms with Gasteiger partial charge < -0.3 is 16.2 Å². The lowest BCUT2D eigenvalue weighted by Gasteiger charge is -2.36. The molecule has 1 atom stereocenters. The van der Waals surface area contributed by atoms with Gasteiger partial charge in [0.1, 0.15) is 6.04 Å². The number of carbonyl (C=O) groups is 3. The van der Waals surface area contributed by atoms with Gasteiger partial charge in [0, 0.05) is 12.8 Å². The van der Waals surface area contributed by atoms with E-state index >= 15 is 0 Å². The lowest BCUT2D eigenvalue weighted by molar-refractivity contribution is -0.127. The summed E-state index contributed by atoms with van der Waals surface area (Å²) in [5, 5.41) is 12.0. The van der Waals surface area contributed by atoms with E-state index in [1.54, 1.807) is 12.1 Å². The number of benzene rings is 4. The van der Waals surface area contributed by atoms with Crippen LogP contribution in [-0.4, -0.2) is 28.9 Å². The molecule has 0 aromatic heterocycles. The SMILES string of the molecule is NC(=O)[C@@H](Cc1ccc(C(=O)O)cc1)NC(=O)CC(c1ccccc1)(c1ccccc1)c1ccccc1. The lowest BCUT2D eigenvalue weighted by Crippen LogP contribution is -2.48. The molecule has 0 aliphatic heterocycles. The van der Waals surface area contributed by atoms with E-state index in [-0.39, 0.29) is 24.3 Å². The zero-order valence-electron chi connectivity index (χ0n) is 20.2. The molecule has 4 N–H and O–H groups in total. The number of amides is 2. The molecule has 0 aliphatic carbocycles. The van der Waals surface area contributed by atoms with Crippen molar-refractivity contribution in [3.63, 3.8) is 0 Å². The van der Waals surface area contributed by atoms with Crippen LogP contribution in [0, 0.1) is 0 Å². The molecular weight excluding hydrogens is 464 g/mol. The zero-order valence-corrected chi connectivity index (χ0v) is 20.2. The fourth-order valence-electron chi connectivity index (χ4n) is 4.70. The number of nitrogens with one attached hydrogen (secondary N) is 1. The van der Waals surface area contributed by atoms with Crippen LogP contribution >= 0.6 is 0 Å². The van der Waals surface area contributed by atoms with Gasteiger partial charge in [0.05, 0.1) is 11.0 Å². The molecule has 4 aromatic rings. The molecule has 2 amide bonds. The third-order valence-electron chi connectivity index (χ3n) is 6.54. The zero-order chi connectivity index (χ0) is 26.3. The Balaban J connectivity index is 1.68. The van der Waals surface area contributed by atoms with Crippen LogP contribution in [0.15, 0.2) is 115 Å². The summed E-state index contributed by atoms with van der Waals surface area (Å²) in [5.74, 6) is -2.03. The molecule has 0 aliphatic rings. The van der Waals surface area contributed by atoms with Gasteiger partial charge in [-0.1, -0.05) is 103 Å². The Bertz CT molecular complexity index is 1260. The normalized spacial score (nSPS) is 11.9. The van der Waals surface area contributed by atoms with Crippen LogP contribution in [-0.2, 0) is 21.4 Å². The van der Waals surface area contributed by atoms with Crippen molar-refractivity contribution in [1.29, 1.82) is 0 Å². The molecule has 0 spiro atoms. The second-order valence-corrected chi connectivity index (χ2v) is 8.91. The number of primary amides is 1. The number of carboxylic acid groups (broad SMARTS) is 1. The summed E-state index contributed by atoms with van der Waals surface area (Å²) >= 11 is 0. The van der Waals surface area contributed by atoms with Crippen LogP contribution in [0.25, 0.3) is 0 Å². The summed E-state index contributed by atoms with van der Waals surface area (Å²) in [6, 6.07) is 34.7. The summed E-state index contributed by atoms with van der Waals surface area (Å²) in [6.45, 7) is 0. The van der Waals surface area contributed by atoms with E-state index in [9.17, 15) is 14.4 Å². The highest BCUT2D eigenvalue weighted by molar-refractivity contribution is 5.89. The van der Waals surface area contributed by atoms with Crippen molar-refractivity contribution in [3.8, 4) is 0 Å². The number of carbonyl (C=O) groups excluding carboxylic acids is 2. The van der Waals surface area contributed by atoms with Crippen LogP contribution in [0.2, 0.25) is 0 Å². The number of aromatic carboxylic acids is 1. The highest BCUT2D eigenvalue weighted by Gasteiger charge is 2.39. The van der Waals surface area contributed by atoms with Crippen molar-refractivity contribution in [2.45, 2.75) is 24.3 Å². The van der Waals surface area contributed by atoms with Crippen LogP contribution in [0.1, 0.15) is 39.0 Å². The molecule has 0 radical (unpaired) electrons. The van der Waals surface area contributed by atoms with E-state index in [2.05, 4.69) is 5.32 Å². The van der Waals surface area contributed by atoms with Crippen LogP contribution < -0.4 is 11.1 Å². The second-order valence-electron chi connectivity index (χ2n) is 8.91. The maximum Gasteiger partial charge on any atom is 0.335 e. The van der Waals surface area contributed by atoms with Crippen molar-refractivity contribution in [2.24, 2.45) is 5.73 Å². The van der Waals surface area contributed by atoms with Gasteiger partial charge in [-0.2, -0.15) is 0 Å². The maximum atomic E-state index is 13.6. The minimum Gasteiger partial charge on any atom is -0.478 e. The Hall–Kier alpha value is -4.71. The maximum absolute atomic E-state index is 13.6. The average Bonchev–Trinajstić information content (AvgIpc) is 2.93. The van der Waals surface area contributed by atoms with Crippen LogP contribution in [0.3, 0.4) is 0 Å². The van der Waals surface area contributed by atoms with E-state index in [0.29, 0.717) is 5.56 Å². The highest BCUT2D eigenvalue weighted by atomic mass is 16.4. The number of hydrogen-bond acceptors (Lipinski definition) is 3. The fourth-order valence-corrected chi connectivity index (χ4v) is 4.70. The van der Waals surface area contributed by atoms with Gasteiger partial charge in [0.15, 0.2) is 0 Å². The Morgan fingerprint density at radius 1 is 0.703 bits per heavy atom. The molecular formula is C31H28N2O4. The first-order valence-electron chi connectivity index (χ1n) is 12.0. The molecule has 6 heteroatoms. The van der Waals surface area contributed by atoms with Crippen molar-refractivity contribution in [1.82, 2.24) is 5.32 Å². The number of carboxylic acids is 1. The Labute approximate surface area is 215 Å². The van der Waals surface area contributed by atoms with E-state index in [1.165, 1.54) is 12.1 Å². The minimum atomic E-state index is -1.04. The smallest absolute Gasteiger partial charge is 0.335 e. The van der Waals surface area contributed by atoms with Crippen molar-refractivity contribution in [3.05, 3.63) is 143 Å². The molecule has 0 fully saturated rings. The van der Waals surface area contributed by atoms with Gasteiger partial charge in [-0.25, -0.2) is 4.79 Å². The summed E-state index contributed by atoms with van der Waals surface area (Å²) in [4.78, 5) is 37.1. The summed E-state index contributed by atoms with van der Waals surface area (Å²) < 4.78 is 0. The van der Waals surface area contributed by atoms with Crippen LogP contribution in [0.5, 0.6) is 0 Å². The van der Waals surface area contributed by atoms with Crippen molar-refractivity contribution in [2.75, 3.05) is 0 Å². The molecule has 6 nitrogen and oxygen atoms in total. The topological polar surface area (TPSA) is 109 Å². The molecule has 0 saturated heterocycles. The predicted molar refractivity (Wildman–Crippen MR) is 142 cm³/mol. The van der Waals surface area contributed by atoms with Gasteiger partial charge in [-0.05, 0) is 34.4 Å². The highest BCUT2D eigenvalue weighted by Crippen LogP contribution is 2.42. The second kappa shape index (κ2) is 11.4. The summed E-state index contributed by atoms with van der Waals surface area (Å²) in [5.41, 5.74) is 8.52. The summed E-state index contributed by atoms with van der Waals surface area (Å²) in [6.07, 6.45) is 0.197. The molecule has 0 unspecified atom stereocenters. The van der Waals surface area contributed by atoms with Gasteiger partial charge in [-0.3, -0.25) is 9.59 Å².